The quantitative estimate of drug-likeness (QED) is 0.802. The van der Waals surface area contributed by atoms with Gasteiger partial charge in [-0.1, -0.05) is 19.1 Å². The highest BCUT2D eigenvalue weighted by atomic mass is 16.3. The average Bonchev–Trinajstić information content (AvgIpc) is 3.27. The fourth-order valence-corrected chi connectivity index (χ4v) is 3.26. The van der Waals surface area contributed by atoms with E-state index in [-0.39, 0.29) is 23.6 Å². The molecule has 2 aromatic rings. The number of carbonyl (C=O) groups is 3. The van der Waals surface area contributed by atoms with Gasteiger partial charge in [0.05, 0.1) is 17.5 Å². The third-order valence-corrected chi connectivity index (χ3v) is 4.85. The minimum atomic E-state index is -0.201. The van der Waals surface area contributed by atoms with E-state index in [9.17, 15) is 14.4 Å². The molecule has 148 valence electrons. The van der Waals surface area contributed by atoms with E-state index in [2.05, 4.69) is 10.6 Å². The molecule has 0 saturated carbocycles. The Morgan fingerprint density at radius 1 is 1.11 bits per heavy atom. The highest BCUT2D eigenvalue weighted by molar-refractivity contribution is 6.04. The minimum absolute atomic E-state index is 0.124. The number of piperidine rings is 1. The second-order valence-corrected chi connectivity index (χ2v) is 6.83. The smallest absolute Gasteiger partial charge is 0.289 e. The third-order valence-electron chi connectivity index (χ3n) is 4.85. The summed E-state index contributed by atoms with van der Waals surface area (Å²) in [5.41, 5.74) is 0.963. The molecular weight excluding hydrogens is 358 g/mol. The summed E-state index contributed by atoms with van der Waals surface area (Å²) in [5, 5.41) is 5.72. The number of nitrogens with zero attached hydrogens (tertiary/aromatic N) is 1. The van der Waals surface area contributed by atoms with E-state index in [1.54, 1.807) is 41.3 Å². The highest BCUT2D eigenvalue weighted by Crippen LogP contribution is 2.22. The molecule has 0 spiro atoms. The first-order valence-electron chi connectivity index (χ1n) is 9.61. The lowest BCUT2D eigenvalue weighted by atomic mass is 9.95. The first kappa shape index (κ1) is 19.7. The number of carbonyl (C=O) groups excluding carboxylic acids is 3. The maximum Gasteiger partial charge on any atom is 0.289 e. The Labute approximate surface area is 164 Å². The van der Waals surface area contributed by atoms with Gasteiger partial charge in [0.25, 0.3) is 11.8 Å². The van der Waals surface area contributed by atoms with E-state index >= 15 is 0 Å². The molecule has 1 saturated heterocycles. The number of furan rings is 1. The lowest BCUT2D eigenvalue weighted by molar-refractivity contribution is -0.121. The zero-order valence-corrected chi connectivity index (χ0v) is 15.9. The van der Waals surface area contributed by atoms with Crippen molar-refractivity contribution in [2.75, 3.05) is 25.0 Å². The summed E-state index contributed by atoms with van der Waals surface area (Å²) in [6.07, 6.45) is 3.46. The molecule has 0 aliphatic carbocycles. The van der Waals surface area contributed by atoms with Gasteiger partial charge in [-0.3, -0.25) is 14.4 Å². The van der Waals surface area contributed by atoms with E-state index < -0.39 is 0 Å². The Balaban J connectivity index is 1.58. The lowest BCUT2D eigenvalue weighted by Gasteiger charge is -2.30. The van der Waals surface area contributed by atoms with Crippen molar-refractivity contribution in [1.29, 1.82) is 0 Å². The fourth-order valence-electron chi connectivity index (χ4n) is 3.26. The number of hydrogen-bond acceptors (Lipinski definition) is 4. The highest BCUT2D eigenvalue weighted by Gasteiger charge is 2.29. The number of amides is 3. The van der Waals surface area contributed by atoms with E-state index in [0.29, 0.717) is 49.5 Å². The molecule has 0 radical (unpaired) electrons. The fraction of sp³-hybridized carbons (Fsp3) is 0.381. The van der Waals surface area contributed by atoms with Crippen LogP contribution in [-0.4, -0.2) is 42.3 Å². The molecule has 28 heavy (non-hydrogen) atoms. The number of hydrogen-bond donors (Lipinski definition) is 2. The summed E-state index contributed by atoms with van der Waals surface area (Å²) < 4.78 is 5.16. The van der Waals surface area contributed by atoms with Gasteiger partial charge in [0.15, 0.2) is 5.76 Å². The molecule has 0 atom stereocenters. The first-order valence-corrected chi connectivity index (χ1v) is 9.61. The van der Waals surface area contributed by atoms with Crippen LogP contribution in [0.1, 0.15) is 47.1 Å². The molecule has 0 bridgehead atoms. The van der Waals surface area contributed by atoms with Crippen molar-refractivity contribution in [3.63, 3.8) is 0 Å². The van der Waals surface area contributed by atoms with Gasteiger partial charge in [-0.2, -0.15) is 0 Å². The topological polar surface area (TPSA) is 91.7 Å². The van der Waals surface area contributed by atoms with Gasteiger partial charge in [0.2, 0.25) is 5.91 Å². The summed E-state index contributed by atoms with van der Waals surface area (Å²) in [4.78, 5) is 39.0. The molecule has 1 aromatic heterocycles. The Kier molecular flexibility index (Phi) is 6.47. The molecule has 2 N–H and O–H groups in total. The Morgan fingerprint density at radius 3 is 2.54 bits per heavy atom. The van der Waals surface area contributed by atoms with Gasteiger partial charge in [-0.25, -0.2) is 0 Å². The van der Waals surface area contributed by atoms with Crippen LogP contribution in [-0.2, 0) is 4.79 Å². The predicted octanol–water partition coefficient (Wildman–Crippen LogP) is 2.91. The number of likely N-dealkylation sites (tertiary alicyclic amines) is 1. The number of para-hydroxylation sites is 1. The standard InChI is InChI=1S/C21H25N3O4/c1-2-11-22-20(26)16-6-3-4-7-17(16)23-19(25)15-9-12-24(13-10-15)21(27)18-8-5-14-28-18/h3-8,14-15H,2,9-13H2,1H3,(H,22,26)(H,23,25). The van der Waals surface area contributed by atoms with Crippen molar-refractivity contribution in [1.82, 2.24) is 10.2 Å². The van der Waals surface area contributed by atoms with Crippen LogP contribution in [0.3, 0.4) is 0 Å². The van der Waals surface area contributed by atoms with Crippen LogP contribution < -0.4 is 10.6 Å². The number of nitrogens with one attached hydrogen (secondary N) is 2. The largest absolute Gasteiger partial charge is 0.459 e. The summed E-state index contributed by atoms with van der Waals surface area (Å²) >= 11 is 0. The van der Waals surface area contributed by atoms with Crippen molar-refractivity contribution in [2.45, 2.75) is 26.2 Å². The predicted molar refractivity (Wildman–Crippen MR) is 105 cm³/mol. The maximum absolute atomic E-state index is 12.7. The SMILES string of the molecule is CCCNC(=O)c1ccccc1NC(=O)C1CCN(C(=O)c2ccco2)CC1. The van der Waals surface area contributed by atoms with Gasteiger partial charge in [-0.15, -0.1) is 0 Å². The Bertz CT molecular complexity index is 824. The van der Waals surface area contributed by atoms with E-state index in [4.69, 9.17) is 4.42 Å². The van der Waals surface area contributed by atoms with Gasteiger partial charge in [0.1, 0.15) is 0 Å². The van der Waals surface area contributed by atoms with Gasteiger partial charge < -0.3 is 20.0 Å². The average molecular weight is 383 g/mol. The molecule has 7 heteroatoms. The minimum Gasteiger partial charge on any atom is -0.459 e. The number of rotatable bonds is 6. The van der Waals surface area contributed by atoms with Crippen molar-refractivity contribution in [3.8, 4) is 0 Å². The Hall–Kier alpha value is -3.09. The molecule has 2 heterocycles. The normalized spacial score (nSPS) is 14.5. The van der Waals surface area contributed by atoms with E-state index in [0.717, 1.165) is 6.42 Å². The molecule has 3 rings (SSSR count). The molecule has 1 aromatic carbocycles. The van der Waals surface area contributed by atoms with E-state index in [1.807, 2.05) is 6.92 Å². The third kappa shape index (κ3) is 4.60. The number of anilines is 1. The van der Waals surface area contributed by atoms with Crippen LogP contribution in [0.5, 0.6) is 0 Å². The molecule has 1 aliphatic rings. The van der Waals surface area contributed by atoms with Crippen molar-refractivity contribution >= 4 is 23.4 Å². The monoisotopic (exact) mass is 383 g/mol. The lowest BCUT2D eigenvalue weighted by Crippen LogP contribution is -2.41. The zero-order chi connectivity index (χ0) is 19.9. The van der Waals surface area contributed by atoms with Gasteiger partial charge in [-0.05, 0) is 43.5 Å². The van der Waals surface area contributed by atoms with Crippen LogP contribution in [0.25, 0.3) is 0 Å². The molecule has 1 fully saturated rings. The van der Waals surface area contributed by atoms with Crippen LogP contribution in [0, 0.1) is 5.92 Å². The van der Waals surface area contributed by atoms with Crippen molar-refractivity contribution < 1.29 is 18.8 Å². The second kappa shape index (κ2) is 9.21. The molecule has 1 aliphatic heterocycles. The molecule has 7 nitrogen and oxygen atoms in total. The molecular formula is C21H25N3O4. The maximum atomic E-state index is 12.7. The summed E-state index contributed by atoms with van der Waals surface area (Å²) in [5.74, 6) is -0.360. The summed E-state index contributed by atoms with van der Waals surface area (Å²) in [6.45, 7) is 3.56. The summed E-state index contributed by atoms with van der Waals surface area (Å²) in [7, 11) is 0. The van der Waals surface area contributed by atoms with Crippen LogP contribution >= 0.6 is 0 Å². The zero-order valence-electron chi connectivity index (χ0n) is 15.9. The number of benzene rings is 1. The second-order valence-electron chi connectivity index (χ2n) is 6.83. The van der Waals surface area contributed by atoms with Crippen LogP contribution in [0.15, 0.2) is 47.1 Å². The van der Waals surface area contributed by atoms with Gasteiger partial charge >= 0.3 is 0 Å². The summed E-state index contributed by atoms with van der Waals surface area (Å²) in [6, 6.07) is 10.3. The van der Waals surface area contributed by atoms with Crippen LogP contribution in [0.4, 0.5) is 5.69 Å². The van der Waals surface area contributed by atoms with Crippen molar-refractivity contribution in [3.05, 3.63) is 54.0 Å². The molecule has 3 amide bonds. The van der Waals surface area contributed by atoms with E-state index in [1.165, 1.54) is 6.26 Å². The Morgan fingerprint density at radius 2 is 1.86 bits per heavy atom. The molecule has 0 unspecified atom stereocenters. The van der Waals surface area contributed by atoms with Crippen LogP contribution in [0.2, 0.25) is 0 Å². The van der Waals surface area contributed by atoms with Crippen molar-refractivity contribution in [2.24, 2.45) is 5.92 Å². The van der Waals surface area contributed by atoms with Gasteiger partial charge in [0, 0.05) is 25.6 Å². The first-order chi connectivity index (χ1) is 13.6.